The highest BCUT2D eigenvalue weighted by molar-refractivity contribution is 5.75. The highest BCUT2D eigenvalue weighted by Crippen LogP contribution is 2.12. The zero-order valence-electron chi connectivity index (χ0n) is 7.77. The van der Waals surface area contributed by atoms with Gasteiger partial charge in [-0.15, -0.1) is 0 Å². The van der Waals surface area contributed by atoms with Gasteiger partial charge in [-0.3, -0.25) is 4.79 Å². The van der Waals surface area contributed by atoms with Crippen molar-refractivity contribution in [1.82, 2.24) is 0 Å². The number of carbonyl (C=O) groups excluding carboxylic acids is 1. The smallest absolute Gasteiger partial charge is 0.323 e. The van der Waals surface area contributed by atoms with E-state index >= 15 is 0 Å². The lowest BCUT2D eigenvalue weighted by Gasteiger charge is -2.12. The number of rotatable bonds is 2. The van der Waals surface area contributed by atoms with Gasteiger partial charge in [0.2, 0.25) is 0 Å². The van der Waals surface area contributed by atoms with Crippen LogP contribution in [0.1, 0.15) is 13.3 Å². The molecule has 0 amide bonds. The summed E-state index contributed by atoms with van der Waals surface area (Å²) in [7, 11) is 0. The van der Waals surface area contributed by atoms with Crippen LogP contribution >= 0.6 is 0 Å². The summed E-state index contributed by atoms with van der Waals surface area (Å²) < 4.78 is 21.9. The molecule has 1 aliphatic heterocycles. The molecule has 2 unspecified atom stereocenters. The van der Waals surface area contributed by atoms with Gasteiger partial charge in [0.25, 0.3) is 6.01 Å². The molecule has 0 bridgehead atoms. The molecule has 0 aliphatic carbocycles. The van der Waals surface area contributed by atoms with Crippen LogP contribution in [-0.4, -0.2) is 18.1 Å². The molecule has 0 saturated heterocycles. The minimum Gasteiger partial charge on any atom is -0.457 e. The lowest BCUT2D eigenvalue weighted by molar-refractivity contribution is -0.147. The Morgan fingerprint density at radius 2 is 2.57 bits per heavy atom. The van der Waals surface area contributed by atoms with Gasteiger partial charge >= 0.3 is 5.97 Å². The van der Waals surface area contributed by atoms with Gasteiger partial charge in [-0.2, -0.15) is 4.39 Å². The van der Waals surface area contributed by atoms with Gasteiger partial charge in [-0.25, -0.2) is 0 Å². The number of ether oxygens (including phenoxy) is 2. The average molecular weight is 201 g/mol. The summed E-state index contributed by atoms with van der Waals surface area (Å²) in [5, 5.41) is 0. The van der Waals surface area contributed by atoms with Gasteiger partial charge in [0.05, 0.1) is 6.26 Å². The first kappa shape index (κ1) is 10.7. The van der Waals surface area contributed by atoms with E-state index in [1.54, 1.807) is 0 Å². The van der Waals surface area contributed by atoms with Crippen LogP contribution in [0.2, 0.25) is 0 Å². The zero-order valence-corrected chi connectivity index (χ0v) is 7.77. The summed E-state index contributed by atoms with van der Waals surface area (Å²) >= 11 is 0. The topological polar surface area (TPSA) is 61.6 Å². The molecule has 0 saturated carbocycles. The quantitative estimate of drug-likeness (QED) is 0.677. The SMILES string of the molecule is CC(N)C(=O)OC1C=COC(F)=CC1. The van der Waals surface area contributed by atoms with Crippen molar-refractivity contribution < 1.29 is 18.7 Å². The first-order chi connectivity index (χ1) is 6.59. The van der Waals surface area contributed by atoms with E-state index in [-0.39, 0.29) is 6.42 Å². The normalized spacial score (nSPS) is 23.1. The molecule has 0 aromatic heterocycles. The van der Waals surface area contributed by atoms with Crippen LogP contribution in [0.5, 0.6) is 0 Å². The third-order valence-corrected chi connectivity index (χ3v) is 1.62. The van der Waals surface area contributed by atoms with Gasteiger partial charge in [0.1, 0.15) is 12.1 Å². The van der Waals surface area contributed by atoms with Crippen LogP contribution in [0.4, 0.5) is 4.39 Å². The van der Waals surface area contributed by atoms with Crippen molar-refractivity contribution in [3.63, 3.8) is 0 Å². The first-order valence-electron chi connectivity index (χ1n) is 4.24. The molecule has 1 rings (SSSR count). The maximum Gasteiger partial charge on any atom is 0.323 e. The fourth-order valence-corrected chi connectivity index (χ4v) is 0.871. The van der Waals surface area contributed by atoms with Crippen molar-refractivity contribution in [2.24, 2.45) is 5.73 Å². The monoisotopic (exact) mass is 201 g/mol. The highest BCUT2D eigenvalue weighted by atomic mass is 19.1. The molecule has 78 valence electrons. The Bertz CT molecular complexity index is 273. The van der Waals surface area contributed by atoms with Crippen molar-refractivity contribution in [2.45, 2.75) is 25.5 Å². The third kappa shape index (κ3) is 3.18. The molecule has 0 spiro atoms. The van der Waals surface area contributed by atoms with E-state index in [0.29, 0.717) is 0 Å². The van der Waals surface area contributed by atoms with Crippen molar-refractivity contribution in [2.75, 3.05) is 0 Å². The third-order valence-electron chi connectivity index (χ3n) is 1.62. The zero-order chi connectivity index (χ0) is 10.6. The Hall–Kier alpha value is -1.36. The Kier molecular flexibility index (Phi) is 3.64. The summed E-state index contributed by atoms with van der Waals surface area (Å²) in [6, 6.07) is -1.37. The first-order valence-corrected chi connectivity index (χ1v) is 4.24. The molecule has 4 nitrogen and oxygen atoms in total. The van der Waals surface area contributed by atoms with Crippen molar-refractivity contribution in [1.29, 1.82) is 0 Å². The van der Waals surface area contributed by atoms with Crippen LogP contribution in [0, 0.1) is 0 Å². The number of esters is 1. The maximum absolute atomic E-state index is 12.5. The lowest BCUT2D eigenvalue weighted by Crippen LogP contribution is -2.31. The number of halogens is 1. The highest BCUT2D eigenvalue weighted by Gasteiger charge is 2.16. The minimum absolute atomic E-state index is 0.251. The van der Waals surface area contributed by atoms with Crippen LogP contribution in [0.25, 0.3) is 0 Å². The second-order valence-corrected chi connectivity index (χ2v) is 2.95. The van der Waals surface area contributed by atoms with E-state index in [1.807, 2.05) is 0 Å². The molecule has 0 aromatic carbocycles. The van der Waals surface area contributed by atoms with Crippen LogP contribution in [-0.2, 0) is 14.3 Å². The largest absolute Gasteiger partial charge is 0.457 e. The second kappa shape index (κ2) is 4.76. The predicted octanol–water partition coefficient (Wildman–Crippen LogP) is 0.990. The molecule has 2 N–H and O–H groups in total. The molecule has 14 heavy (non-hydrogen) atoms. The van der Waals surface area contributed by atoms with E-state index in [4.69, 9.17) is 10.5 Å². The number of hydrogen-bond acceptors (Lipinski definition) is 4. The lowest BCUT2D eigenvalue weighted by atomic mass is 10.2. The van der Waals surface area contributed by atoms with E-state index < -0.39 is 24.1 Å². The molecular formula is C9H12FNO3. The van der Waals surface area contributed by atoms with Crippen LogP contribution in [0.15, 0.2) is 24.4 Å². The van der Waals surface area contributed by atoms with Gasteiger partial charge < -0.3 is 15.2 Å². The van der Waals surface area contributed by atoms with Gasteiger partial charge in [-0.1, -0.05) is 0 Å². The minimum atomic E-state index is -0.694. The Morgan fingerprint density at radius 3 is 3.21 bits per heavy atom. The fraction of sp³-hybridized carbons (Fsp3) is 0.444. The fourth-order valence-electron chi connectivity index (χ4n) is 0.871. The molecule has 2 atom stereocenters. The summed E-state index contributed by atoms with van der Waals surface area (Å²) in [5.41, 5.74) is 5.30. The van der Waals surface area contributed by atoms with Gasteiger partial charge in [-0.05, 0) is 19.1 Å². The summed E-state index contributed by atoms with van der Waals surface area (Å²) in [6.07, 6.45) is 3.56. The van der Waals surface area contributed by atoms with Gasteiger partial charge in [0, 0.05) is 6.42 Å². The second-order valence-electron chi connectivity index (χ2n) is 2.95. The number of carbonyl (C=O) groups is 1. The molecule has 0 fully saturated rings. The molecule has 0 radical (unpaired) electrons. The molecular weight excluding hydrogens is 189 g/mol. The number of nitrogens with two attached hydrogens (primary N) is 1. The number of hydrogen-bond donors (Lipinski definition) is 1. The Labute approximate surface area is 81.2 Å². The van der Waals surface area contributed by atoms with E-state index in [1.165, 1.54) is 19.1 Å². The van der Waals surface area contributed by atoms with E-state index in [9.17, 15) is 9.18 Å². The summed E-state index contributed by atoms with van der Waals surface area (Å²) in [5.74, 6) is -0.518. The van der Waals surface area contributed by atoms with Crippen molar-refractivity contribution in [3.8, 4) is 0 Å². The van der Waals surface area contributed by atoms with Crippen molar-refractivity contribution in [3.05, 3.63) is 24.4 Å². The average Bonchev–Trinajstić information content (AvgIpc) is 2.31. The summed E-state index contributed by atoms with van der Waals surface area (Å²) in [6.45, 7) is 1.52. The van der Waals surface area contributed by atoms with Crippen molar-refractivity contribution >= 4 is 5.97 Å². The predicted molar refractivity (Wildman–Crippen MR) is 47.6 cm³/mol. The molecule has 0 aromatic rings. The summed E-state index contributed by atoms with van der Waals surface area (Å²) in [4.78, 5) is 11.1. The molecule has 1 aliphatic rings. The van der Waals surface area contributed by atoms with Crippen LogP contribution in [0.3, 0.4) is 0 Å². The molecule has 1 heterocycles. The Balaban J connectivity index is 2.50. The molecule has 5 heteroatoms. The van der Waals surface area contributed by atoms with Gasteiger partial charge in [0.15, 0.2) is 0 Å². The maximum atomic E-state index is 12.5. The standard InChI is InChI=1S/C9H12FNO3/c1-6(11)9(12)14-7-2-3-8(10)13-5-4-7/h3-7H,2,11H2,1H3. The van der Waals surface area contributed by atoms with E-state index in [2.05, 4.69) is 4.74 Å². The van der Waals surface area contributed by atoms with Crippen LogP contribution < -0.4 is 5.73 Å². The van der Waals surface area contributed by atoms with E-state index in [0.717, 1.165) is 6.26 Å². The Morgan fingerprint density at radius 1 is 1.86 bits per heavy atom.